The first-order valence-corrected chi connectivity index (χ1v) is 13.0. The number of halogens is 5. The summed E-state index contributed by atoms with van der Waals surface area (Å²) in [6.45, 7) is 2.53. The monoisotopic (exact) mass is 557 g/mol. The number of aryl methyl sites for hydroxylation is 2. The van der Waals surface area contributed by atoms with E-state index in [0.29, 0.717) is 55.8 Å². The highest BCUT2D eigenvalue weighted by Gasteiger charge is 2.55. The quantitative estimate of drug-likeness (QED) is 0.347. The summed E-state index contributed by atoms with van der Waals surface area (Å²) in [5.41, 5.74) is -1.94. The van der Waals surface area contributed by atoms with Crippen LogP contribution in [0.5, 0.6) is 0 Å². The van der Waals surface area contributed by atoms with Crippen LogP contribution in [0.3, 0.4) is 0 Å². The zero-order chi connectivity index (χ0) is 29.0. The maximum Gasteiger partial charge on any atom is 0.426 e. The second kappa shape index (κ2) is 9.71. The Bertz CT molecular complexity index is 1500. The van der Waals surface area contributed by atoms with Crippen LogP contribution in [0.25, 0.3) is 0 Å². The van der Waals surface area contributed by atoms with E-state index < -0.39 is 34.6 Å². The number of carboxylic acid groups (broad SMARTS) is 1. The van der Waals surface area contributed by atoms with Gasteiger partial charge in [-0.05, 0) is 97.7 Å². The average molecular weight is 558 g/mol. The number of carbonyl (C=O) groups excluding carboxylic acids is 1. The molecule has 210 valence electrons. The minimum Gasteiger partial charge on any atom is -0.478 e. The Morgan fingerprint density at radius 2 is 1.75 bits per heavy atom. The summed E-state index contributed by atoms with van der Waals surface area (Å²) in [5, 5.41) is 9.48. The Morgan fingerprint density at radius 3 is 2.42 bits per heavy atom. The van der Waals surface area contributed by atoms with Crippen LogP contribution in [0.2, 0.25) is 0 Å². The summed E-state index contributed by atoms with van der Waals surface area (Å²) >= 11 is 0. The molecule has 1 saturated heterocycles. The van der Waals surface area contributed by atoms with Crippen molar-refractivity contribution in [3.8, 4) is 0 Å². The number of nitrogens with zero attached hydrogens (tertiary/aromatic N) is 1. The second-order valence-electron chi connectivity index (χ2n) is 11.0. The third-order valence-electron chi connectivity index (χ3n) is 8.46. The molecule has 5 rings (SSSR count). The molecular formula is C31H28F5NO3. The summed E-state index contributed by atoms with van der Waals surface area (Å²) in [5.74, 6) is -1.92. The summed E-state index contributed by atoms with van der Waals surface area (Å²) < 4.78 is 69.5. The van der Waals surface area contributed by atoms with Crippen molar-refractivity contribution in [1.82, 2.24) is 4.90 Å². The van der Waals surface area contributed by atoms with E-state index in [-0.39, 0.29) is 23.1 Å². The topological polar surface area (TPSA) is 57.6 Å². The number of alkyl halides is 4. The molecule has 2 aliphatic rings. The zero-order valence-corrected chi connectivity index (χ0v) is 22.0. The molecule has 0 radical (unpaired) electrons. The highest BCUT2D eigenvalue weighted by atomic mass is 19.4. The molecule has 3 unspecified atom stereocenters. The Hall–Kier alpha value is -3.75. The third kappa shape index (κ3) is 4.65. The Labute approximate surface area is 228 Å². The van der Waals surface area contributed by atoms with Gasteiger partial charge in [-0.2, -0.15) is 13.2 Å². The summed E-state index contributed by atoms with van der Waals surface area (Å²) in [6.07, 6.45) is -3.58. The van der Waals surface area contributed by atoms with E-state index in [0.717, 1.165) is 11.6 Å². The molecule has 4 nitrogen and oxygen atoms in total. The molecule has 1 aliphatic carbocycles. The van der Waals surface area contributed by atoms with E-state index in [1.807, 2.05) is 0 Å². The smallest absolute Gasteiger partial charge is 0.426 e. The third-order valence-corrected chi connectivity index (χ3v) is 8.46. The number of hydrogen-bond acceptors (Lipinski definition) is 2. The number of rotatable bonds is 5. The average Bonchev–Trinajstić information content (AvgIpc) is 3.26. The van der Waals surface area contributed by atoms with Crippen LogP contribution < -0.4 is 0 Å². The fourth-order valence-electron chi connectivity index (χ4n) is 6.47. The standard InChI is InChI=1S/C31H28F5NO3/c1-18-12-21(15-22(13-18)28(39)40)27(38)37-11-10-30(17-19-4-3-5-24(32)14-19)25-8-7-23(29(2,33)31(34,35)36)16-20(25)6-9-26(30)37/h3-5,7-8,12-16,26H,6,9-11,17H2,1-2H3,(H,39,40). The molecule has 1 amide bonds. The number of likely N-dealkylation sites (tertiary alicyclic amines) is 1. The van der Waals surface area contributed by atoms with E-state index in [1.165, 1.54) is 36.4 Å². The first-order chi connectivity index (χ1) is 18.7. The second-order valence-corrected chi connectivity index (χ2v) is 11.0. The Kier molecular flexibility index (Phi) is 6.75. The number of carbonyl (C=O) groups is 2. The van der Waals surface area contributed by atoms with Crippen molar-refractivity contribution in [2.24, 2.45) is 0 Å². The number of aromatic carboxylic acids is 1. The van der Waals surface area contributed by atoms with E-state index >= 15 is 0 Å². The molecule has 3 aromatic rings. The predicted molar refractivity (Wildman–Crippen MR) is 139 cm³/mol. The van der Waals surface area contributed by atoms with Crippen molar-refractivity contribution in [1.29, 1.82) is 0 Å². The highest BCUT2D eigenvalue weighted by molar-refractivity contribution is 5.98. The number of amides is 1. The Morgan fingerprint density at radius 1 is 1.02 bits per heavy atom. The van der Waals surface area contributed by atoms with E-state index in [1.54, 1.807) is 30.0 Å². The first kappa shape index (κ1) is 27.8. The lowest BCUT2D eigenvalue weighted by atomic mass is 9.63. The van der Waals surface area contributed by atoms with Gasteiger partial charge in [0.05, 0.1) is 5.56 Å². The minimum absolute atomic E-state index is 0.00553. The van der Waals surface area contributed by atoms with Crippen molar-refractivity contribution in [2.45, 2.75) is 62.8 Å². The van der Waals surface area contributed by atoms with Crippen LogP contribution in [0.4, 0.5) is 22.0 Å². The van der Waals surface area contributed by atoms with Crippen molar-refractivity contribution >= 4 is 11.9 Å². The minimum atomic E-state index is -5.09. The molecule has 1 aliphatic heterocycles. The van der Waals surface area contributed by atoms with Crippen LogP contribution >= 0.6 is 0 Å². The van der Waals surface area contributed by atoms with Crippen molar-refractivity contribution in [3.05, 3.63) is 105 Å². The van der Waals surface area contributed by atoms with Gasteiger partial charge >= 0.3 is 12.1 Å². The first-order valence-electron chi connectivity index (χ1n) is 13.0. The van der Waals surface area contributed by atoms with Crippen LogP contribution in [0, 0.1) is 12.7 Å². The Balaban J connectivity index is 1.59. The molecule has 0 bridgehead atoms. The van der Waals surface area contributed by atoms with Gasteiger partial charge in [0.2, 0.25) is 5.67 Å². The van der Waals surface area contributed by atoms with E-state index in [9.17, 15) is 36.6 Å². The maximum atomic E-state index is 14.9. The molecule has 0 saturated carbocycles. The molecule has 0 spiro atoms. The van der Waals surface area contributed by atoms with Gasteiger partial charge in [-0.15, -0.1) is 0 Å². The van der Waals surface area contributed by atoms with Gasteiger partial charge in [0, 0.05) is 23.6 Å². The van der Waals surface area contributed by atoms with E-state index in [4.69, 9.17) is 0 Å². The normalized spacial score (nSPS) is 21.9. The molecule has 1 fully saturated rings. The largest absolute Gasteiger partial charge is 0.478 e. The number of fused-ring (bicyclic) bond motifs is 3. The van der Waals surface area contributed by atoms with Crippen molar-refractivity contribution in [2.75, 3.05) is 6.54 Å². The van der Waals surface area contributed by atoms with E-state index in [2.05, 4.69) is 0 Å². The zero-order valence-electron chi connectivity index (χ0n) is 22.0. The fourth-order valence-corrected chi connectivity index (χ4v) is 6.47. The lowest BCUT2D eigenvalue weighted by Crippen LogP contribution is -2.49. The van der Waals surface area contributed by atoms with Crippen LogP contribution in [0.15, 0.2) is 60.7 Å². The number of carboxylic acids is 1. The molecule has 3 aromatic carbocycles. The van der Waals surface area contributed by atoms with Crippen LogP contribution in [0.1, 0.15) is 68.3 Å². The summed E-state index contributed by atoms with van der Waals surface area (Å²) in [4.78, 5) is 27.1. The molecule has 9 heteroatoms. The summed E-state index contributed by atoms with van der Waals surface area (Å²) in [6, 6.07) is 14.1. The van der Waals surface area contributed by atoms with Crippen molar-refractivity contribution in [3.63, 3.8) is 0 Å². The SMILES string of the molecule is Cc1cc(C(=O)O)cc(C(=O)N2CCC3(Cc4cccc(F)c4)c4ccc(C(C)(F)C(F)(F)F)cc4CCC23)c1. The molecule has 40 heavy (non-hydrogen) atoms. The maximum absolute atomic E-state index is 14.9. The fraction of sp³-hybridized carbons (Fsp3) is 0.355. The molecule has 3 atom stereocenters. The van der Waals surface area contributed by atoms with Crippen molar-refractivity contribution < 1.29 is 36.6 Å². The molecular weight excluding hydrogens is 529 g/mol. The summed E-state index contributed by atoms with van der Waals surface area (Å²) in [7, 11) is 0. The molecule has 1 heterocycles. The van der Waals surface area contributed by atoms with Crippen LogP contribution in [-0.2, 0) is 23.9 Å². The lowest BCUT2D eigenvalue weighted by Gasteiger charge is -2.44. The van der Waals surface area contributed by atoms with Gasteiger partial charge in [0.15, 0.2) is 0 Å². The van der Waals surface area contributed by atoms with Gasteiger partial charge in [-0.3, -0.25) is 4.79 Å². The van der Waals surface area contributed by atoms with Gasteiger partial charge in [0.25, 0.3) is 5.91 Å². The highest BCUT2D eigenvalue weighted by Crippen LogP contribution is 2.51. The van der Waals surface area contributed by atoms with Gasteiger partial charge in [0.1, 0.15) is 5.82 Å². The van der Waals surface area contributed by atoms with Gasteiger partial charge < -0.3 is 10.0 Å². The lowest BCUT2D eigenvalue weighted by molar-refractivity contribution is -0.228. The number of hydrogen-bond donors (Lipinski definition) is 1. The number of benzene rings is 3. The molecule has 0 aromatic heterocycles. The van der Waals surface area contributed by atoms with Crippen LogP contribution in [-0.4, -0.2) is 40.6 Å². The predicted octanol–water partition coefficient (Wildman–Crippen LogP) is 6.92. The molecule has 1 N–H and O–H groups in total. The van der Waals surface area contributed by atoms with Gasteiger partial charge in [-0.25, -0.2) is 13.6 Å². The van der Waals surface area contributed by atoms with Gasteiger partial charge in [-0.1, -0.05) is 30.3 Å².